The molecule has 0 unspecified atom stereocenters. The van der Waals surface area contributed by atoms with Crippen molar-refractivity contribution in [3.63, 3.8) is 0 Å². The Hall–Kier alpha value is -0.190. The molecule has 0 radical (unpaired) electrons. The standard InChI is InChI=1S/C11H13BrClNOS/c1-11(2,3)16(15)14-7-8-4-9(12)6-10(13)5-8/h4-7H,1-3H3/b14-7+/t16-/m1/s1. The SMILES string of the molecule is CC(C)(C)[S@@](=O)/N=C/c1cc(Cl)cc(Br)c1. The van der Waals surface area contributed by atoms with Crippen molar-refractivity contribution in [3.8, 4) is 0 Å². The summed E-state index contributed by atoms with van der Waals surface area (Å²) in [5.74, 6) is 0. The molecule has 2 nitrogen and oxygen atoms in total. The van der Waals surface area contributed by atoms with E-state index < -0.39 is 11.0 Å². The molecule has 0 bridgehead atoms. The van der Waals surface area contributed by atoms with Crippen molar-refractivity contribution < 1.29 is 4.21 Å². The van der Waals surface area contributed by atoms with Gasteiger partial charge < -0.3 is 0 Å². The molecule has 0 aliphatic rings. The molecule has 0 saturated carbocycles. The van der Waals surface area contributed by atoms with Gasteiger partial charge in [-0.15, -0.1) is 0 Å². The molecule has 0 saturated heterocycles. The van der Waals surface area contributed by atoms with Crippen LogP contribution < -0.4 is 0 Å². The van der Waals surface area contributed by atoms with Gasteiger partial charge in [0.25, 0.3) is 0 Å². The minimum absolute atomic E-state index is 0.341. The van der Waals surface area contributed by atoms with Gasteiger partial charge in [-0.05, 0) is 44.5 Å². The maximum atomic E-state index is 11.7. The summed E-state index contributed by atoms with van der Waals surface area (Å²) in [6.07, 6.45) is 1.58. The van der Waals surface area contributed by atoms with Crippen LogP contribution in [0.3, 0.4) is 0 Å². The van der Waals surface area contributed by atoms with Crippen LogP contribution in [0.5, 0.6) is 0 Å². The molecule has 0 N–H and O–H groups in total. The molecule has 0 fully saturated rings. The van der Waals surface area contributed by atoms with Crippen LogP contribution in [0.2, 0.25) is 5.02 Å². The van der Waals surface area contributed by atoms with Crippen molar-refractivity contribution in [2.75, 3.05) is 0 Å². The third kappa shape index (κ3) is 4.36. The summed E-state index contributed by atoms with van der Waals surface area (Å²) in [6.45, 7) is 5.65. The lowest BCUT2D eigenvalue weighted by atomic mass is 10.2. The van der Waals surface area contributed by atoms with E-state index in [0.29, 0.717) is 5.02 Å². The molecule has 1 atom stereocenters. The average Bonchev–Trinajstić information content (AvgIpc) is 2.11. The zero-order valence-electron chi connectivity index (χ0n) is 9.33. The van der Waals surface area contributed by atoms with Crippen molar-refractivity contribution in [2.45, 2.75) is 25.5 Å². The second-order valence-electron chi connectivity index (χ2n) is 4.30. The monoisotopic (exact) mass is 321 g/mol. The summed E-state index contributed by atoms with van der Waals surface area (Å²) in [5.41, 5.74) is 0.831. The molecule has 88 valence electrons. The maximum absolute atomic E-state index is 11.7. The first kappa shape index (κ1) is 13.9. The molecule has 0 amide bonds. The zero-order chi connectivity index (χ0) is 12.3. The molecule has 1 aromatic carbocycles. The molecule has 1 aromatic rings. The van der Waals surface area contributed by atoms with Gasteiger partial charge in [0.05, 0.1) is 4.75 Å². The van der Waals surface area contributed by atoms with E-state index >= 15 is 0 Å². The normalized spacial score (nSPS) is 14.3. The maximum Gasteiger partial charge on any atom is 0.144 e. The molecular formula is C11H13BrClNOS. The first-order chi connectivity index (χ1) is 7.29. The second-order valence-corrected chi connectivity index (χ2v) is 7.58. The van der Waals surface area contributed by atoms with Crippen molar-refractivity contribution in [1.29, 1.82) is 0 Å². The summed E-state index contributed by atoms with van der Waals surface area (Å²) >= 11 is 9.23. The molecular weight excluding hydrogens is 310 g/mol. The van der Waals surface area contributed by atoms with Gasteiger partial charge in [-0.3, -0.25) is 0 Å². The highest BCUT2D eigenvalue weighted by atomic mass is 79.9. The van der Waals surface area contributed by atoms with E-state index in [-0.39, 0.29) is 4.75 Å². The van der Waals surface area contributed by atoms with E-state index in [2.05, 4.69) is 20.3 Å². The Morgan fingerprint density at radius 2 is 2.00 bits per heavy atom. The number of rotatable bonds is 2. The molecule has 0 aliphatic carbocycles. The highest BCUT2D eigenvalue weighted by Crippen LogP contribution is 2.19. The number of benzene rings is 1. The quantitative estimate of drug-likeness (QED) is 0.757. The predicted molar refractivity (Wildman–Crippen MR) is 74.6 cm³/mol. The van der Waals surface area contributed by atoms with E-state index in [0.717, 1.165) is 10.0 Å². The highest BCUT2D eigenvalue weighted by Gasteiger charge is 2.18. The van der Waals surface area contributed by atoms with Gasteiger partial charge in [-0.1, -0.05) is 27.5 Å². The largest absolute Gasteiger partial charge is 0.234 e. The molecule has 0 aromatic heterocycles. The number of hydrogen-bond acceptors (Lipinski definition) is 1. The molecule has 1 rings (SSSR count). The van der Waals surface area contributed by atoms with E-state index in [1.165, 1.54) is 0 Å². The Kier molecular flexibility index (Phi) is 4.71. The fraction of sp³-hybridized carbons (Fsp3) is 0.364. The van der Waals surface area contributed by atoms with Crippen LogP contribution >= 0.6 is 27.5 Å². The smallest absolute Gasteiger partial charge is 0.144 e. The summed E-state index contributed by atoms with van der Waals surface area (Å²) < 4.78 is 16.2. The van der Waals surface area contributed by atoms with Gasteiger partial charge in [0, 0.05) is 15.7 Å². The second kappa shape index (κ2) is 5.43. The van der Waals surface area contributed by atoms with Crippen LogP contribution in [0.25, 0.3) is 0 Å². The Morgan fingerprint density at radius 3 is 2.50 bits per heavy atom. The Balaban J connectivity index is 2.89. The summed E-state index contributed by atoms with van der Waals surface area (Å²) in [7, 11) is -1.24. The topological polar surface area (TPSA) is 29.4 Å². The van der Waals surface area contributed by atoms with Crippen LogP contribution in [0, 0.1) is 0 Å². The van der Waals surface area contributed by atoms with Crippen LogP contribution in [0.1, 0.15) is 26.3 Å². The third-order valence-corrected chi connectivity index (χ3v) is 3.73. The average molecular weight is 323 g/mol. The van der Waals surface area contributed by atoms with Crippen LogP contribution in [-0.4, -0.2) is 15.2 Å². The van der Waals surface area contributed by atoms with E-state index in [1.807, 2.05) is 26.8 Å². The fourth-order valence-electron chi connectivity index (χ4n) is 0.917. The van der Waals surface area contributed by atoms with Gasteiger partial charge in [-0.2, -0.15) is 4.40 Å². The van der Waals surface area contributed by atoms with Crippen LogP contribution in [0.15, 0.2) is 27.1 Å². The van der Waals surface area contributed by atoms with Gasteiger partial charge in [0.1, 0.15) is 11.0 Å². The Bertz CT molecular complexity index is 420. The summed E-state index contributed by atoms with van der Waals surface area (Å²) in [6, 6.07) is 5.44. The third-order valence-electron chi connectivity index (χ3n) is 1.71. The van der Waals surface area contributed by atoms with Gasteiger partial charge in [0.2, 0.25) is 0 Å². The lowest BCUT2D eigenvalue weighted by molar-refractivity contribution is 0.651. The summed E-state index contributed by atoms with van der Waals surface area (Å²) in [5, 5.41) is 0.623. The first-order valence-electron chi connectivity index (χ1n) is 4.71. The number of hydrogen-bond donors (Lipinski definition) is 0. The minimum atomic E-state index is -1.24. The van der Waals surface area contributed by atoms with E-state index in [4.69, 9.17) is 11.6 Å². The molecule has 5 heteroatoms. The lowest BCUT2D eigenvalue weighted by Gasteiger charge is -2.12. The zero-order valence-corrected chi connectivity index (χ0v) is 12.5. The lowest BCUT2D eigenvalue weighted by Crippen LogP contribution is -2.19. The Morgan fingerprint density at radius 1 is 1.38 bits per heavy atom. The molecule has 0 heterocycles. The van der Waals surface area contributed by atoms with E-state index in [1.54, 1.807) is 18.3 Å². The Labute approximate surface area is 112 Å². The highest BCUT2D eigenvalue weighted by molar-refractivity contribution is 9.10. The number of halogens is 2. The van der Waals surface area contributed by atoms with E-state index in [9.17, 15) is 4.21 Å². The predicted octanol–water partition coefficient (Wildman–Crippen LogP) is 3.98. The van der Waals surface area contributed by atoms with Crippen molar-refractivity contribution >= 4 is 44.7 Å². The molecule has 0 spiro atoms. The summed E-state index contributed by atoms with van der Waals surface area (Å²) in [4.78, 5) is 0. The van der Waals surface area contributed by atoms with Gasteiger partial charge in [0.15, 0.2) is 0 Å². The van der Waals surface area contributed by atoms with Crippen LogP contribution in [-0.2, 0) is 11.0 Å². The van der Waals surface area contributed by atoms with Gasteiger partial charge >= 0.3 is 0 Å². The molecule has 0 aliphatic heterocycles. The van der Waals surface area contributed by atoms with Crippen molar-refractivity contribution in [3.05, 3.63) is 33.3 Å². The van der Waals surface area contributed by atoms with Gasteiger partial charge in [-0.25, -0.2) is 4.21 Å². The van der Waals surface area contributed by atoms with Crippen molar-refractivity contribution in [2.24, 2.45) is 4.40 Å². The number of nitrogens with zero attached hydrogens (tertiary/aromatic N) is 1. The minimum Gasteiger partial charge on any atom is -0.234 e. The van der Waals surface area contributed by atoms with Crippen LogP contribution in [0.4, 0.5) is 0 Å². The molecule has 16 heavy (non-hydrogen) atoms. The first-order valence-corrected chi connectivity index (χ1v) is 6.99. The fourth-order valence-corrected chi connectivity index (χ4v) is 2.34. The van der Waals surface area contributed by atoms with Crippen molar-refractivity contribution in [1.82, 2.24) is 0 Å².